The molecule has 1 N–H and O–H groups in total. The molecule has 1 aliphatic rings. The lowest BCUT2D eigenvalue weighted by atomic mass is 9.81. The number of hydrogen-bond acceptors (Lipinski definition) is 4. The fourth-order valence-corrected chi connectivity index (χ4v) is 3.98. The van der Waals surface area contributed by atoms with Crippen LogP contribution in [0.3, 0.4) is 0 Å². The van der Waals surface area contributed by atoms with Gasteiger partial charge >= 0.3 is 0 Å². The van der Waals surface area contributed by atoms with E-state index in [1.807, 2.05) is 6.92 Å². The second-order valence-corrected chi connectivity index (χ2v) is 6.40. The van der Waals surface area contributed by atoms with E-state index in [0.29, 0.717) is 11.1 Å². The molecule has 4 nitrogen and oxygen atoms in total. The van der Waals surface area contributed by atoms with E-state index >= 15 is 0 Å². The number of nitrogens with zero attached hydrogens (tertiary/aromatic N) is 2. The van der Waals surface area contributed by atoms with E-state index in [0.717, 1.165) is 31.4 Å². The lowest BCUT2D eigenvalue weighted by Gasteiger charge is -2.31. The van der Waals surface area contributed by atoms with Crippen LogP contribution in [-0.2, 0) is 0 Å². The highest BCUT2D eigenvalue weighted by atomic mass is 32.2. The van der Waals surface area contributed by atoms with Crippen molar-refractivity contribution in [1.29, 1.82) is 5.26 Å². The van der Waals surface area contributed by atoms with Gasteiger partial charge < -0.3 is 4.98 Å². The molecule has 0 radical (unpaired) electrons. The fourth-order valence-electron chi connectivity index (χ4n) is 2.61. The van der Waals surface area contributed by atoms with Gasteiger partial charge in [0.05, 0.1) is 12.0 Å². The molecule has 1 aliphatic carbocycles. The van der Waals surface area contributed by atoms with Crippen molar-refractivity contribution in [2.75, 3.05) is 0 Å². The average molecular weight is 277 g/mol. The largest absolute Gasteiger partial charge is 0.301 e. The van der Waals surface area contributed by atoms with Gasteiger partial charge in [-0.1, -0.05) is 25.1 Å². The predicted molar refractivity (Wildman–Crippen MR) is 76.0 cm³/mol. The highest BCUT2D eigenvalue weighted by Gasteiger charge is 2.31. The maximum Gasteiger partial charge on any atom is 0.251 e. The molecule has 1 aromatic heterocycles. The molecule has 1 aromatic rings. The smallest absolute Gasteiger partial charge is 0.251 e. The first-order valence-electron chi connectivity index (χ1n) is 6.76. The van der Waals surface area contributed by atoms with Crippen LogP contribution in [0.2, 0.25) is 0 Å². The second kappa shape index (κ2) is 6.25. The first kappa shape index (κ1) is 14.1. The van der Waals surface area contributed by atoms with E-state index in [-0.39, 0.29) is 16.7 Å². The van der Waals surface area contributed by atoms with E-state index in [1.54, 1.807) is 11.8 Å². The van der Waals surface area contributed by atoms with Crippen LogP contribution in [0.5, 0.6) is 0 Å². The molecule has 1 fully saturated rings. The number of thioether (sulfide) groups is 1. The third kappa shape index (κ3) is 3.60. The number of aromatic amines is 1. The van der Waals surface area contributed by atoms with E-state index in [4.69, 9.17) is 0 Å². The molecule has 1 heterocycles. The molecular formula is C14H19N3OS. The van der Waals surface area contributed by atoms with Crippen molar-refractivity contribution in [3.8, 4) is 6.07 Å². The molecule has 0 aliphatic heterocycles. The SMILES string of the molecule is CCC1CCC(C#N)C(Sc2nc(C)cc(=O)[nH]2)C1. The summed E-state index contributed by atoms with van der Waals surface area (Å²) in [5.41, 5.74) is 0.606. The minimum atomic E-state index is -0.119. The van der Waals surface area contributed by atoms with Crippen LogP contribution < -0.4 is 5.56 Å². The number of nitrogens with one attached hydrogen (secondary N) is 1. The Morgan fingerprint density at radius 3 is 3.00 bits per heavy atom. The summed E-state index contributed by atoms with van der Waals surface area (Å²) in [5.74, 6) is 0.761. The van der Waals surface area contributed by atoms with Crippen LogP contribution in [0.4, 0.5) is 0 Å². The van der Waals surface area contributed by atoms with Gasteiger partial charge in [0.1, 0.15) is 0 Å². The maximum atomic E-state index is 11.5. The summed E-state index contributed by atoms with van der Waals surface area (Å²) >= 11 is 1.56. The standard InChI is InChI=1S/C14H19N3OS/c1-3-10-4-5-11(8-15)12(7-10)19-14-16-9(2)6-13(18)17-14/h6,10-12H,3-5,7H2,1-2H3,(H,16,17,18). The summed E-state index contributed by atoms with van der Waals surface area (Å²) in [5, 5.41) is 10.1. The Morgan fingerprint density at radius 1 is 1.58 bits per heavy atom. The fraction of sp³-hybridized carbons (Fsp3) is 0.643. The second-order valence-electron chi connectivity index (χ2n) is 5.17. The lowest BCUT2D eigenvalue weighted by molar-refractivity contribution is 0.317. The molecule has 3 atom stereocenters. The Balaban J connectivity index is 2.14. The van der Waals surface area contributed by atoms with Crippen LogP contribution in [-0.4, -0.2) is 15.2 Å². The van der Waals surface area contributed by atoms with Crippen molar-refractivity contribution < 1.29 is 0 Å². The number of aromatic nitrogens is 2. The third-order valence-corrected chi connectivity index (χ3v) is 4.99. The van der Waals surface area contributed by atoms with E-state index in [1.165, 1.54) is 6.07 Å². The molecule has 0 saturated heterocycles. The zero-order valence-corrected chi connectivity index (χ0v) is 12.2. The Labute approximate surface area is 117 Å². The number of H-pyrrole nitrogens is 1. The van der Waals surface area contributed by atoms with Crippen molar-refractivity contribution in [2.45, 2.75) is 49.9 Å². The summed E-state index contributed by atoms with van der Waals surface area (Å²) in [7, 11) is 0. The molecule has 0 aromatic carbocycles. The maximum absolute atomic E-state index is 11.5. The van der Waals surface area contributed by atoms with Gasteiger partial charge in [-0.05, 0) is 32.1 Å². The molecule has 0 spiro atoms. The van der Waals surface area contributed by atoms with Crippen molar-refractivity contribution in [1.82, 2.24) is 9.97 Å². The quantitative estimate of drug-likeness (QED) is 0.862. The number of rotatable bonds is 3. The first-order chi connectivity index (χ1) is 9.12. The summed E-state index contributed by atoms with van der Waals surface area (Å²) in [4.78, 5) is 18.6. The van der Waals surface area contributed by atoms with Gasteiger partial charge in [-0.25, -0.2) is 4.98 Å². The van der Waals surface area contributed by atoms with Crippen LogP contribution in [0, 0.1) is 30.1 Å². The van der Waals surface area contributed by atoms with Crippen LogP contribution in [0.1, 0.15) is 38.3 Å². The molecule has 2 rings (SSSR count). The zero-order valence-electron chi connectivity index (χ0n) is 11.3. The minimum absolute atomic E-state index is 0.0682. The summed E-state index contributed by atoms with van der Waals surface area (Å²) in [6, 6.07) is 3.90. The Bertz CT molecular complexity index is 534. The normalized spacial score (nSPS) is 26.9. The van der Waals surface area contributed by atoms with Gasteiger partial charge in [-0.3, -0.25) is 4.79 Å². The minimum Gasteiger partial charge on any atom is -0.301 e. The van der Waals surface area contributed by atoms with Crippen molar-refractivity contribution in [3.05, 3.63) is 22.1 Å². The van der Waals surface area contributed by atoms with Gasteiger partial charge in [0.25, 0.3) is 5.56 Å². The lowest BCUT2D eigenvalue weighted by Crippen LogP contribution is -2.26. The van der Waals surface area contributed by atoms with E-state index in [2.05, 4.69) is 23.0 Å². The summed E-state index contributed by atoms with van der Waals surface area (Å²) in [6.07, 6.45) is 4.30. The van der Waals surface area contributed by atoms with Gasteiger partial charge in [0, 0.05) is 17.0 Å². The number of hydrogen-bond donors (Lipinski definition) is 1. The van der Waals surface area contributed by atoms with Gasteiger partial charge in [0.2, 0.25) is 0 Å². The molecule has 1 saturated carbocycles. The topological polar surface area (TPSA) is 69.5 Å². The van der Waals surface area contributed by atoms with Crippen molar-refractivity contribution in [2.24, 2.45) is 11.8 Å². The average Bonchev–Trinajstić information content (AvgIpc) is 2.37. The highest BCUT2D eigenvalue weighted by molar-refractivity contribution is 7.99. The zero-order chi connectivity index (χ0) is 13.8. The monoisotopic (exact) mass is 277 g/mol. The summed E-state index contributed by atoms with van der Waals surface area (Å²) < 4.78 is 0. The Morgan fingerprint density at radius 2 is 2.37 bits per heavy atom. The Hall–Kier alpha value is -1.28. The number of aryl methyl sites for hydroxylation is 1. The molecule has 19 heavy (non-hydrogen) atoms. The van der Waals surface area contributed by atoms with Crippen molar-refractivity contribution in [3.63, 3.8) is 0 Å². The summed E-state index contributed by atoms with van der Waals surface area (Å²) in [6.45, 7) is 4.02. The van der Waals surface area contributed by atoms with Crippen molar-refractivity contribution >= 4 is 11.8 Å². The van der Waals surface area contributed by atoms with E-state index < -0.39 is 0 Å². The molecule has 0 bridgehead atoms. The van der Waals surface area contributed by atoms with E-state index in [9.17, 15) is 10.1 Å². The molecular weight excluding hydrogens is 258 g/mol. The molecule has 3 unspecified atom stereocenters. The van der Waals surface area contributed by atoms with Gasteiger partial charge in [-0.2, -0.15) is 5.26 Å². The van der Waals surface area contributed by atoms with Gasteiger partial charge in [-0.15, -0.1) is 0 Å². The molecule has 102 valence electrons. The number of nitriles is 1. The third-order valence-electron chi connectivity index (χ3n) is 3.75. The highest BCUT2D eigenvalue weighted by Crippen LogP contribution is 2.39. The Kier molecular flexibility index (Phi) is 4.65. The van der Waals surface area contributed by atoms with Crippen LogP contribution >= 0.6 is 11.8 Å². The van der Waals surface area contributed by atoms with Gasteiger partial charge in [0.15, 0.2) is 5.16 Å². The first-order valence-corrected chi connectivity index (χ1v) is 7.64. The van der Waals surface area contributed by atoms with Crippen LogP contribution in [0.25, 0.3) is 0 Å². The molecule has 0 amide bonds. The van der Waals surface area contributed by atoms with Crippen LogP contribution in [0.15, 0.2) is 16.0 Å². The molecule has 5 heteroatoms. The predicted octanol–water partition coefficient (Wildman–Crippen LogP) is 2.89.